The summed E-state index contributed by atoms with van der Waals surface area (Å²) in [5.41, 5.74) is 9.89. The zero-order valence-corrected chi connectivity index (χ0v) is 15.2. The molecular weight excluding hydrogens is 383 g/mol. The van der Waals surface area contributed by atoms with Gasteiger partial charge in [-0.1, -0.05) is 30.3 Å². The first-order chi connectivity index (χ1) is 14.0. The maximum atomic E-state index is 12.3. The van der Waals surface area contributed by atoms with Crippen molar-refractivity contribution < 1.29 is 17.9 Å². The fourth-order valence-electron chi connectivity index (χ4n) is 2.96. The van der Waals surface area contributed by atoms with Crippen LogP contribution in [0, 0.1) is 0 Å². The van der Waals surface area contributed by atoms with Crippen LogP contribution < -0.4 is 15.6 Å². The Balaban J connectivity index is 1.39. The van der Waals surface area contributed by atoms with E-state index in [0.29, 0.717) is 5.69 Å². The van der Waals surface area contributed by atoms with Gasteiger partial charge in [0, 0.05) is 12.7 Å². The van der Waals surface area contributed by atoms with E-state index in [-0.39, 0.29) is 5.75 Å². The van der Waals surface area contributed by atoms with Gasteiger partial charge in [0.15, 0.2) is 0 Å². The summed E-state index contributed by atoms with van der Waals surface area (Å²) in [6, 6.07) is 15.7. The van der Waals surface area contributed by atoms with Crippen molar-refractivity contribution in [2.45, 2.75) is 12.8 Å². The molecule has 9 heteroatoms. The van der Waals surface area contributed by atoms with E-state index in [0.717, 1.165) is 24.4 Å². The van der Waals surface area contributed by atoms with E-state index in [1.54, 1.807) is 17.5 Å². The summed E-state index contributed by atoms with van der Waals surface area (Å²) in [6.45, 7) is 0.766. The molecule has 2 aromatic rings. The third-order valence-corrected chi connectivity index (χ3v) is 4.29. The number of hydrogen-bond donors (Lipinski definition) is 2. The Morgan fingerprint density at radius 3 is 2.52 bits per heavy atom. The molecule has 2 heterocycles. The number of aliphatic imine (C=N–C) groups is 1. The molecule has 0 saturated carbocycles. The molecular formula is C20H18F3N5O. The van der Waals surface area contributed by atoms with Crippen molar-refractivity contribution in [2.75, 3.05) is 12.0 Å². The molecule has 0 atom stereocenters. The smallest absolute Gasteiger partial charge is 0.406 e. The number of hydrazine groups is 2. The van der Waals surface area contributed by atoms with Gasteiger partial charge in [-0.25, -0.2) is 10.0 Å². The molecule has 150 valence electrons. The minimum absolute atomic E-state index is 0.273. The van der Waals surface area contributed by atoms with Crippen molar-refractivity contribution in [1.29, 1.82) is 0 Å². The topological polar surface area (TPSA) is 52.1 Å². The average Bonchev–Trinajstić information content (AvgIpc) is 3.12. The summed E-state index contributed by atoms with van der Waals surface area (Å²) >= 11 is 0. The van der Waals surface area contributed by atoms with Crippen LogP contribution in [0.5, 0.6) is 5.75 Å². The lowest BCUT2D eigenvalue weighted by molar-refractivity contribution is -0.274. The number of halogens is 3. The molecule has 0 unspecified atom stereocenters. The molecule has 0 aromatic heterocycles. The van der Waals surface area contributed by atoms with Crippen molar-refractivity contribution in [3.8, 4) is 5.75 Å². The normalized spacial score (nSPS) is 15.4. The highest BCUT2D eigenvalue weighted by Gasteiger charge is 2.31. The summed E-state index contributed by atoms with van der Waals surface area (Å²) in [5, 5.41) is 3.67. The Bertz CT molecular complexity index is 939. The third-order valence-electron chi connectivity index (χ3n) is 4.29. The van der Waals surface area contributed by atoms with Crippen LogP contribution in [0.1, 0.15) is 5.56 Å². The van der Waals surface area contributed by atoms with Crippen LogP contribution >= 0.6 is 0 Å². The molecule has 6 nitrogen and oxygen atoms in total. The molecule has 0 saturated heterocycles. The first-order valence-corrected chi connectivity index (χ1v) is 8.91. The van der Waals surface area contributed by atoms with Crippen molar-refractivity contribution in [3.63, 3.8) is 0 Å². The highest BCUT2D eigenvalue weighted by Crippen LogP contribution is 2.26. The second kappa shape index (κ2) is 7.78. The highest BCUT2D eigenvalue weighted by molar-refractivity contribution is 5.67. The Hall–Kier alpha value is -3.62. The molecule has 0 bridgehead atoms. The molecule has 2 aliphatic rings. The van der Waals surface area contributed by atoms with E-state index >= 15 is 0 Å². The Kier molecular flexibility index (Phi) is 5.03. The van der Waals surface area contributed by atoms with Crippen LogP contribution in [0.25, 0.3) is 0 Å². The van der Waals surface area contributed by atoms with Gasteiger partial charge in [0.2, 0.25) is 0 Å². The molecule has 2 aromatic carbocycles. The lowest BCUT2D eigenvalue weighted by Crippen LogP contribution is -2.33. The van der Waals surface area contributed by atoms with Crippen LogP contribution in [0.15, 0.2) is 83.4 Å². The molecule has 2 aliphatic heterocycles. The summed E-state index contributed by atoms with van der Waals surface area (Å²) < 4.78 is 40.7. The van der Waals surface area contributed by atoms with Gasteiger partial charge in [-0.3, -0.25) is 15.9 Å². The van der Waals surface area contributed by atoms with Crippen molar-refractivity contribution in [3.05, 3.63) is 84.0 Å². The van der Waals surface area contributed by atoms with Crippen LogP contribution in [-0.4, -0.2) is 29.3 Å². The van der Waals surface area contributed by atoms with Gasteiger partial charge in [-0.05, 0) is 36.2 Å². The third kappa shape index (κ3) is 4.81. The minimum Gasteiger partial charge on any atom is -0.406 e. The standard InChI is InChI=1S/C20H18F3N5O/c21-20(22,23)29-17-8-6-16(7-9-17)25-28-14-24-12-18-19(28)13-27(26-18)11-10-15-4-2-1-3-5-15/h1-9,12-14,25-26H,10-11H2. The number of ether oxygens (including phenoxy) is 1. The monoisotopic (exact) mass is 401 g/mol. The summed E-state index contributed by atoms with van der Waals surface area (Å²) in [6.07, 6.45) is 1.43. The first kappa shape index (κ1) is 18.7. The van der Waals surface area contributed by atoms with E-state index in [2.05, 4.69) is 32.7 Å². The SMILES string of the molecule is FC(F)(F)Oc1ccc(NN2C=NC=C3NN(CCc4ccccc4)C=C32)cc1. The van der Waals surface area contributed by atoms with Crippen LogP contribution in [0.3, 0.4) is 0 Å². The van der Waals surface area contributed by atoms with E-state index in [1.165, 1.54) is 29.8 Å². The van der Waals surface area contributed by atoms with Gasteiger partial charge in [-0.2, -0.15) is 0 Å². The molecule has 29 heavy (non-hydrogen) atoms. The van der Waals surface area contributed by atoms with Crippen LogP contribution in [0.4, 0.5) is 18.9 Å². The second-order valence-electron chi connectivity index (χ2n) is 6.42. The van der Waals surface area contributed by atoms with Gasteiger partial charge in [0.25, 0.3) is 0 Å². The highest BCUT2D eigenvalue weighted by atomic mass is 19.4. The number of benzene rings is 2. The first-order valence-electron chi connectivity index (χ1n) is 8.91. The van der Waals surface area contributed by atoms with Crippen molar-refractivity contribution in [1.82, 2.24) is 15.4 Å². The lowest BCUT2D eigenvalue weighted by atomic mass is 10.1. The lowest BCUT2D eigenvalue weighted by Gasteiger charge is -2.24. The van der Waals surface area contributed by atoms with Gasteiger partial charge >= 0.3 is 6.36 Å². The fourth-order valence-corrected chi connectivity index (χ4v) is 2.96. The Labute approximate surface area is 165 Å². The van der Waals surface area contributed by atoms with Gasteiger partial charge in [0.05, 0.1) is 17.6 Å². The van der Waals surface area contributed by atoms with Crippen molar-refractivity contribution in [2.24, 2.45) is 4.99 Å². The quantitative estimate of drug-likeness (QED) is 0.766. The molecule has 0 aliphatic carbocycles. The number of fused-ring (bicyclic) bond motifs is 1. The largest absolute Gasteiger partial charge is 0.573 e. The summed E-state index contributed by atoms with van der Waals surface area (Å²) in [4.78, 5) is 4.19. The van der Waals surface area contributed by atoms with E-state index in [1.807, 2.05) is 29.4 Å². The van der Waals surface area contributed by atoms with Crippen LogP contribution in [0.2, 0.25) is 0 Å². The zero-order chi connectivity index (χ0) is 20.3. The number of hydrogen-bond acceptors (Lipinski definition) is 6. The second-order valence-corrected chi connectivity index (χ2v) is 6.42. The Morgan fingerprint density at radius 1 is 1.03 bits per heavy atom. The number of rotatable bonds is 6. The molecule has 2 N–H and O–H groups in total. The summed E-state index contributed by atoms with van der Waals surface area (Å²) in [7, 11) is 0. The maximum absolute atomic E-state index is 12.3. The van der Waals surface area contributed by atoms with E-state index in [9.17, 15) is 13.2 Å². The zero-order valence-electron chi connectivity index (χ0n) is 15.2. The van der Waals surface area contributed by atoms with Crippen molar-refractivity contribution >= 4 is 12.0 Å². The summed E-state index contributed by atoms with van der Waals surface area (Å²) in [5.74, 6) is -0.273. The fraction of sp³-hybridized carbons (Fsp3) is 0.150. The predicted molar refractivity (Wildman–Crippen MR) is 103 cm³/mol. The maximum Gasteiger partial charge on any atom is 0.573 e. The van der Waals surface area contributed by atoms with Crippen LogP contribution in [-0.2, 0) is 6.42 Å². The molecule has 0 spiro atoms. The number of alkyl halides is 3. The van der Waals surface area contributed by atoms with Gasteiger partial charge < -0.3 is 4.74 Å². The van der Waals surface area contributed by atoms with Gasteiger partial charge in [-0.15, -0.1) is 13.2 Å². The number of nitrogens with zero attached hydrogens (tertiary/aromatic N) is 3. The Morgan fingerprint density at radius 2 is 1.79 bits per heavy atom. The molecule has 4 rings (SSSR count). The van der Waals surface area contributed by atoms with E-state index in [4.69, 9.17) is 0 Å². The predicted octanol–water partition coefficient (Wildman–Crippen LogP) is 4.00. The molecule has 0 radical (unpaired) electrons. The van der Waals surface area contributed by atoms with Gasteiger partial charge in [0.1, 0.15) is 17.8 Å². The molecule has 0 amide bonds. The van der Waals surface area contributed by atoms with E-state index < -0.39 is 6.36 Å². The molecule has 0 fully saturated rings. The number of anilines is 1. The minimum atomic E-state index is -4.71. The average molecular weight is 401 g/mol. The number of nitrogens with one attached hydrogen (secondary N) is 2.